The fraction of sp³-hybridized carbons (Fsp3) is 0.148. The summed E-state index contributed by atoms with van der Waals surface area (Å²) in [6.07, 6.45) is 5.95. The largest absolute Gasteiger partial charge is 0.465 e. The number of ether oxygens (including phenoxy) is 1. The van der Waals surface area contributed by atoms with Crippen molar-refractivity contribution in [2.45, 2.75) is 19.4 Å². The number of carbonyl (C=O) groups is 3. The maximum absolute atomic E-state index is 13.5. The maximum Gasteiger partial charge on any atom is 0.337 e. The van der Waals surface area contributed by atoms with Crippen molar-refractivity contribution in [1.82, 2.24) is 20.1 Å². The first kappa shape index (κ1) is 27.1. The molecule has 3 rings (SSSR count). The molecule has 0 bridgehead atoms. The van der Waals surface area contributed by atoms with Gasteiger partial charge in [-0.15, -0.1) is 13.2 Å². The van der Waals surface area contributed by atoms with Gasteiger partial charge < -0.3 is 15.4 Å². The van der Waals surface area contributed by atoms with Gasteiger partial charge in [0.25, 0.3) is 11.8 Å². The van der Waals surface area contributed by atoms with E-state index in [0.717, 1.165) is 0 Å². The number of carbonyl (C=O) groups excluding carboxylic acids is 3. The topological polar surface area (TPSA) is 115 Å². The number of aryl methyl sites for hydroxylation is 1. The number of amides is 2. The lowest BCUT2D eigenvalue weighted by molar-refractivity contribution is 0.0600. The summed E-state index contributed by atoms with van der Waals surface area (Å²) < 4.78 is 6.14. The van der Waals surface area contributed by atoms with Crippen LogP contribution in [-0.4, -0.2) is 45.2 Å². The van der Waals surface area contributed by atoms with E-state index in [0.29, 0.717) is 16.3 Å². The number of benzene rings is 1. The zero-order valence-electron chi connectivity index (χ0n) is 20.7. The first-order chi connectivity index (χ1) is 17.6. The number of halogens is 1. The number of hydrogen-bond acceptors (Lipinski definition) is 6. The van der Waals surface area contributed by atoms with E-state index in [1.807, 2.05) is 0 Å². The molecular weight excluding hydrogens is 494 g/mol. The second-order valence-electron chi connectivity index (χ2n) is 8.17. The molecule has 2 amide bonds. The Morgan fingerprint density at radius 2 is 1.84 bits per heavy atom. The van der Waals surface area contributed by atoms with Crippen LogP contribution in [0.25, 0.3) is 11.9 Å². The lowest BCUT2D eigenvalue weighted by Gasteiger charge is -2.24. The van der Waals surface area contributed by atoms with Crippen LogP contribution < -0.4 is 10.6 Å². The van der Waals surface area contributed by atoms with Crippen LogP contribution in [0.3, 0.4) is 0 Å². The molecule has 0 atom stereocenters. The van der Waals surface area contributed by atoms with E-state index in [-0.39, 0.29) is 28.3 Å². The highest BCUT2D eigenvalue weighted by Gasteiger charge is 2.26. The number of nitrogens with one attached hydrogen (secondary N) is 2. The van der Waals surface area contributed by atoms with Crippen LogP contribution in [0.4, 0.5) is 5.69 Å². The zero-order chi connectivity index (χ0) is 27.3. The highest BCUT2D eigenvalue weighted by Crippen LogP contribution is 2.28. The minimum Gasteiger partial charge on any atom is -0.465 e. The van der Waals surface area contributed by atoms with Crippen molar-refractivity contribution in [2.75, 3.05) is 12.4 Å². The van der Waals surface area contributed by atoms with Gasteiger partial charge in [-0.05, 0) is 49.7 Å². The summed E-state index contributed by atoms with van der Waals surface area (Å²) in [5.41, 5.74) is 0.248. The Morgan fingerprint density at radius 1 is 1.14 bits per heavy atom. The van der Waals surface area contributed by atoms with Gasteiger partial charge in [0.05, 0.1) is 40.2 Å². The number of pyridine rings is 1. The van der Waals surface area contributed by atoms with Crippen LogP contribution in [0.15, 0.2) is 68.4 Å². The molecule has 2 heterocycles. The molecule has 37 heavy (non-hydrogen) atoms. The molecule has 0 spiro atoms. The third-order valence-electron chi connectivity index (χ3n) is 5.53. The van der Waals surface area contributed by atoms with Gasteiger partial charge in [-0.2, -0.15) is 5.10 Å². The Bertz CT molecular complexity index is 1420. The molecule has 0 saturated carbocycles. The third-order valence-corrected chi connectivity index (χ3v) is 5.82. The number of methoxy groups -OCH3 is 1. The highest BCUT2D eigenvalue weighted by atomic mass is 35.5. The first-order valence-corrected chi connectivity index (χ1v) is 11.4. The molecular formula is C27H26ClN5O4. The quantitative estimate of drug-likeness (QED) is 0.311. The maximum atomic E-state index is 13.5. The molecule has 190 valence electrons. The second-order valence-corrected chi connectivity index (χ2v) is 8.58. The van der Waals surface area contributed by atoms with Crippen molar-refractivity contribution in [3.8, 4) is 5.82 Å². The molecule has 9 nitrogen and oxygen atoms in total. The summed E-state index contributed by atoms with van der Waals surface area (Å²) in [5.74, 6) is -1.59. The zero-order valence-corrected chi connectivity index (χ0v) is 21.4. The first-order valence-electron chi connectivity index (χ1n) is 11.0. The highest BCUT2D eigenvalue weighted by molar-refractivity contribution is 6.32. The van der Waals surface area contributed by atoms with E-state index >= 15 is 0 Å². The third kappa shape index (κ3) is 5.68. The lowest BCUT2D eigenvalue weighted by Crippen LogP contribution is -2.42. The van der Waals surface area contributed by atoms with Gasteiger partial charge in [0.1, 0.15) is 5.69 Å². The van der Waals surface area contributed by atoms with E-state index in [1.54, 1.807) is 32.0 Å². The normalized spacial score (nSPS) is 10.8. The molecule has 0 fully saturated rings. The van der Waals surface area contributed by atoms with Gasteiger partial charge >= 0.3 is 5.97 Å². The minimum absolute atomic E-state index is 0.000249. The summed E-state index contributed by atoms with van der Waals surface area (Å²) in [7, 11) is 1.23. The number of hydrogen-bond donors (Lipinski definition) is 2. The van der Waals surface area contributed by atoms with Crippen LogP contribution in [-0.2, 0) is 4.74 Å². The number of rotatable bonds is 9. The summed E-state index contributed by atoms with van der Waals surface area (Å²) in [6.45, 7) is 14.6. The Balaban J connectivity index is 2.14. The molecule has 2 aromatic heterocycles. The van der Waals surface area contributed by atoms with Crippen LogP contribution in [0, 0.1) is 6.92 Å². The summed E-state index contributed by atoms with van der Waals surface area (Å²) in [6, 6.07) is 7.63. The van der Waals surface area contributed by atoms with Crippen LogP contribution in [0.2, 0.25) is 5.02 Å². The fourth-order valence-corrected chi connectivity index (χ4v) is 3.61. The van der Waals surface area contributed by atoms with Gasteiger partial charge in [-0.1, -0.05) is 36.4 Å². The Kier molecular flexibility index (Phi) is 8.09. The molecule has 3 aromatic rings. The summed E-state index contributed by atoms with van der Waals surface area (Å²) in [5, 5.41) is 10.2. The van der Waals surface area contributed by atoms with Gasteiger partial charge in [-0.3, -0.25) is 9.59 Å². The number of esters is 1. The Hall–Kier alpha value is -4.50. The summed E-state index contributed by atoms with van der Waals surface area (Å²) >= 11 is 6.29. The van der Waals surface area contributed by atoms with Crippen LogP contribution >= 0.6 is 11.6 Å². The van der Waals surface area contributed by atoms with Gasteiger partial charge in [0.2, 0.25) is 0 Å². The average molecular weight is 520 g/mol. The van der Waals surface area contributed by atoms with Crippen molar-refractivity contribution >= 4 is 41.1 Å². The molecule has 0 radical (unpaired) electrons. The number of anilines is 1. The van der Waals surface area contributed by atoms with E-state index in [4.69, 9.17) is 16.3 Å². The van der Waals surface area contributed by atoms with Crippen LogP contribution in [0.1, 0.15) is 49.4 Å². The number of aromatic nitrogens is 3. The van der Waals surface area contributed by atoms with E-state index in [2.05, 4.69) is 40.5 Å². The van der Waals surface area contributed by atoms with Crippen molar-refractivity contribution in [2.24, 2.45) is 0 Å². The molecule has 1 aromatic carbocycles. The summed E-state index contributed by atoms with van der Waals surface area (Å²) in [4.78, 5) is 43.4. The van der Waals surface area contributed by atoms with E-state index in [1.165, 1.54) is 48.3 Å². The second kappa shape index (κ2) is 11.0. The van der Waals surface area contributed by atoms with E-state index in [9.17, 15) is 14.4 Å². The predicted molar refractivity (Wildman–Crippen MR) is 143 cm³/mol. The van der Waals surface area contributed by atoms with Gasteiger partial charge in [0.15, 0.2) is 5.82 Å². The lowest BCUT2D eigenvalue weighted by atomic mass is 9.98. The van der Waals surface area contributed by atoms with Gasteiger partial charge in [0, 0.05) is 6.20 Å². The Morgan fingerprint density at radius 3 is 2.43 bits per heavy atom. The van der Waals surface area contributed by atoms with Crippen molar-refractivity contribution in [3.63, 3.8) is 0 Å². The average Bonchev–Trinajstić information content (AvgIpc) is 3.29. The molecule has 0 aliphatic rings. The van der Waals surface area contributed by atoms with Crippen molar-refractivity contribution < 1.29 is 19.1 Å². The SMILES string of the molecule is C=Cc1cc(C(=O)OC)cc(C(=O)NC(C)(C=C)C=C)c1NC(=O)c1cc(C)nn1-c1ncccc1Cl. The molecule has 10 heteroatoms. The number of nitrogens with zero attached hydrogens (tertiary/aromatic N) is 3. The molecule has 2 N–H and O–H groups in total. The standard InChI is InChI=1S/C27H26ClN5O4/c1-7-17-14-18(26(36)37-6)15-19(24(34)31-27(5,8-2)9-3)22(17)30-25(35)21-13-16(4)32-33(21)23-20(28)11-10-12-29-23/h7-15H,1-3H2,4-6H3,(H,30,35)(H,31,34). The van der Waals surface area contributed by atoms with Crippen LogP contribution in [0.5, 0.6) is 0 Å². The fourth-order valence-electron chi connectivity index (χ4n) is 3.41. The molecule has 0 saturated heterocycles. The van der Waals surface area contributed by atoms with Gasteiger partial charge in [-0.25, -0.2) is 14.5 Å². The predicted octanol–water partition coefficient (Wildman–Crippen LogP) is 4.77. The molecule has 0 unspecified atom stereocenters. The van der Waals surface area contributed by atoms with Crippen molar-refractivity contribution in [1.29, 1.82) is 0 Å². The van der Waals surface area contributed by atoms with E-state index < -0.39 is 23.3 Å². The molecule has 0 aliphatic carbocycles. The Labute approximate surface area is 219 Å². The smallest absolute Gasteiger partial charge is 0.337 e. The monoisotopic (exact) mass is 519 g/mol. The molecule has 0 aliphatic heterocycles. The minimum atomic E-state index is -0.959. The van der Waals surface area contributed by atoms with Crippen molar-refractivity contribution in [3.05, 3.63) is 102 Å².